The van der Waals surface area contributed by atoms with Gasteiger partial charge in [-0.3, -0.25) is 9.69 Å². The van der Waals surface area contributed by atoms with Crippen molar-refractivity contribution in [3.8, 4) is 0 Å². The van der Waals surface area contributed by atoms with Crippen molar-refractivity contribution in [3.63, 3.8) is 0 Å². The Morgan fingerprint density at radius 3 is 2.68 bits per heavy atom. The highest BCUT2D eigenvalue weighted by molar-refractivity contribution is 5.91. The van der Waals surface area contributed by atoms with Gasteiger partial charge in [0.2, 0.25) is 5.91 Å². The molecule has 22 heavy (non-hydrogen) atoms. The van der Waals surface area contributed by atoms with Crippen molar-refractivity contribution >= 4 is 22.8 Å². The van der Waals surface area contributed by atoms with Crippen LogP contribution in [0.25, 0.3) is 10.9 Å². The van der Waals surface area contributed by atoms with Gasteiger partial charge in [-0.1, -0.05) is 38.3 Å². The van der Waals surface area contributed by atoms with Crippen molar-refractivity contribution in [3.05, 3.63) is 34.7 Å². The molecule has 0 saturated carbocycles. The summed E-state index contributed by atoms with van der Waals surface area (Å²) in [5.41, 5.74) is 0.0869. The van der Waals surface area contributed by atoms with E-state index in [1.54, 1.807) is 24.3 Å². The van der Waals surface area contributed by atoms with Gasteiger partial charge in [0.1, 0.15) is 0 Å². The summed E-state index contributed by atoms with van der Waals surface area (Å²) in [7, 11) is 0. The van der Waals surface area contributed by atoms with E-state index in [1.807, 2.05) is 6.92 Å². The Kier molecular flexibility index (Phi) is 5.69. The van der Waals surface area contributed by atoms with Crippen molar-refractivity contribution in [2.75, 3.05) is 11.4 Å². The minimum Gasteiger partial charge on any atom is -0.388 e. The highest BCUT2D eigenvalue weighted by atomic mass is 16.4. The number of para-hydroxylation sites is 1. The van der Waals surface area contributed by atoms with E-state index in [9.17, 15) is 9.59 Å². The fourth-order valence-electron chi connectivity index (χ4n) is 2.38. The molecule has 0 aliphatic heterocycles. The van der Waals surface area contributed by atoms with Crippen LogP contribution in [0.1, 0.15) is 46.0 Å². The Balaban J connectivity index is 2.20. The smallest absolute Gasteiger partial charge is 0.348 e. The lowest BCUT2D eigenvalue weighted by molar-refractivity contribution is -0.118. The lowest BCUT2D eigenvalue weighted by atomic mass is 10.1. The number of hydrogen-bond acceptors (Lipinski definition) is 4. The number of aromatic nitrogens is 1. The SMILES string of the molecule is CCCCCCC(=O)N(CC)c1nc2ccccc2c(=O)o1. The van der Waals surface area contributed by atoms with Crippen LogP contribution >= 0.6 is 0 Å². The van der Waals surface area contributed by atoms with Crippen LogP contribution in [0.15, 0.2) is 33.5 Å². The van der Waals surface area contributed by atoms with Gasteiger partial charge < -0.3 is 4.42 Å². The zero-order valence-corrected chi connectivity index (χ0v) is 13.2. The number of fused-ring (bicyclic) bond motifs is 1. The molecule has 0 atom stereocenters. The van der Waals surface area contributed by atoms with E-state index < -0.39 is 5.63 Å². The number of rotatable bonds is 7. The number of anilines is 1. The third-order valence-corrected chi connectivity index (χ3v) is 3.62. The molecule has 1 heterocycles. The second-order valence-electron chi connectivity index (χ2n) is 5.25. The Labute approximate surface area is 130 Å². The van der Waals surface area contributed by atoms with Crippen LogP contribution in [-0.4, -0.2) is 17.4 Å². The van der Waals surface area contributed by atoms with Crippen LogP contribution in [0, 0.1) is 0 Å². The Hall–Kier alpha value is -2.17. The molecule has 0 aliphatic rings. The second-order valence-corrected chi connectivity index (χ2v) is 5.25. The third kappa shape index (κ3) is 3.72. The molecule has 0 saturated heterocycles. The molecular formula is C17H22N2O3. The molecule has 0 radical (unpaired) electrons. The summed E-state index contributed by atoms with van der Waals surface area (Å²) in [6, 6.07) is 7.07. The lowest BCUT2D eigenvalue weighted by Gasteiger charge is -2.18. The molecule has 2 aromatic rings. The van der Waals surface area contributed by atoms with Crippen molar-refractivity contribution in [1.82, 2.24) is 4.98 Å². The standard InChI is InChI=1S/C17H22N2O3/c1-3-5-6-7-12-15(20)19(4-2)17-18-14-11-9-8-10-13(14)16(21)22-17/h8-11H,3-7,12H2,1-2H3. The van der Waals surface area contributed by atoms with Crippen LogP contribution in [0.5, 0.6) is 0 Å². The molecular weight excluding hydrogens is 280 g/mol. The molecule has 1 aromatic heterocycles. The molecule has 5 heteroatoms. The summed E-state index contributed by atoms with van der Waals surface area (Å²) >= 11 is 0. The van der Waals surface area contributed by atoms with Crippen molar-refractivity contribution in [2.24, 2.45) is 0 Å². The largest absolute Gasteiger partial charge is 0.388 e. The topological polar surface area (TPSA) is 63.4 Å². The fourth-order valence-corrected chi connectivity index (χ4v) is 2.38. The quantitative estimate of drug-likeness (QED) is 0.734. The maximum absolute atomic E-state index is 12.3. The van der Waals surface area contributed by atoms with Gasteiger partial charge >= 0.3 is 11.6 Å². The van der Waals surface area contributed by atoms with E-state index in [4.69, 9.17) is 4.42 Å². The van der Waals surface area contributed by atoms with E-state index in [2.05, 4.69) is 11.9 Å². The molecule has 2 rings (SSSR count). The van der Waals surface area contributed by atoms with E-state index in [-0.39, 0.29) is 11.9 Å². The zero-order chi connectivity index (χ0) is 15.9. The summed E-state index contributed by atoms with van der Waals surface area (Å²) in [4.78, 5) is 30.1. The summed E-state index contributed by atoms with van der Waals surface area (Å²) in [6.45, 7) is 4.41. The first-order valence-corrected chi connectivity index (χ1v) is 7.87. The number of amides is 1. The van der Waals surface area contributed by atoms with Gasteiger partial charge in [0.15, 0.2) is 0 Å². The highest BCUT2D eigenvalue weighted by Gasteiger charge is 2.18. The second kappa shape index (κ2) is 7.73. The normalized spacial score (nSPS) is 10.8. The van der Waals surface area contributed by atoms with E-state index in [0.717, 1.165) is 25.7 Å². The van der Waals surface area contributed by atoms with Crippen molar-refractivity contribution < 1.29 is 9.21 Å². The third-order valence-electron chi connectivity index (χ3n) is 3.62. The summed E-state index contributed by atoms with van der Waals surface area (Å²) in [6.07, 6.45) is 4.59. The van der Waals surface area contributed by atoms with Gasteiger partial charge in [-0.05, 0) is 25.5 Å². The molecule has 0 unspecified atom stereocenters. The molecule has 1 amide bonds. The number of carbonyl (C=O) groups is 1. The zero-order valence-electron chi connectivity index (χ0n) is 13.2. The summed E-state index contributed by atoms with van der Waals surface area (Å²) in [5.74, 6) is -0.0514. The van der Waals surface area contributed by atoms with E-state index in [1.165, 1.54) is 4.90 Å². The highest BCUT2D eigenvalue weighted by Crippen LogP contribution is 2.16. The number of nitrogens with zero attached hydrogens (tertiary/aromatic N) is 2. The average molecular weight is 302 g/mol. The number of benzene rings is 1. The molecule has 0 N–H and O–H groups in total. The first-order valence-electron chi connectivity index (χ1n) is 7.87. The van der Waals surface area contributed by atoms with Gasteiger partial charge in [0.05, 0.1) is 10.9 Å². The maximum atomic E-state index is 12.3. The minimum absolute atomic E-state index is 0.0514. The Morgan fingerprint density at radius 1 is 1.18 bits per heavy atom. The molecule has 5 nitrogen and oxygen atoms in total. The van der Waals surface area contributed by atoms with Gasteiger partial charge in [0, 0.05) is 13.0 Å². The number of carbonyl (C=O) groups excluding carboxylic acids is 1. The first-order chi connectivity index (χ1) is 10.7. The van der Waals surface area contributed by atoms with Gasteiger partial charge in [-0.15, -0.1) is 0 Å². The van der Waals surface area contributed by atoms with Crippen LogP contribution < -0.4 is 10.5 Å². The molecule has 0 fully saturated rings. The maximum Gasteiger partial charge on any atom is 0.348 e. The summed E-state index contributed by atoms with van der Waals surface area (Å²) in [5, 5.41) is 0.428. The average Bonchev–Trinajstić information content (AvgIpc) is 2.52. The van der Waals surface area contributed by atoms with E-state index in [0.29, 0.717) is 23.9 Å². The van der Waals surface area contributed by atoms with E-state index >= 15 is 0 Å². The summed E-state index contributed by atoms with van der Waals surface area (Å²) < 4.78 is 5.23. The van der Waals surface area contributed by atoms with Gasteiger partial charge in [-0.2, -0.15) is 4.98 Å². The van der Waals surface area contributed by atoms with Crippen LogP contribution in [0.3, 0.4) is 0 Å². The molecule has 1 aromatic carbocycles. The lowest BCUT2D eigenvalue weighted by Crippen LogP contribution is -2.32. The molecule has 0 aliphatic carbocycles. The van der Waals surface area contributed by atoms with Gasteiger partial charge in [0.25, 0.3) is 0 Å². The number of unbranched alkanes of at least 4 members (excludes halogenated alkanes) is 3. The van der Waals surface area contributed by atoms with Crippen molar-refractivity contribution in [1.29, 1.82) is 0 Å². The first kappa shape index (κ1) is 16.2. The predicted molar refractivity (Wildman–Crippen MR) is 87.1 cm³/mol. The monoisotopic (exact) mass is 302 g/mol. The molecule has 118 valence electrons. The molecule has 0 bridgehead atoms. The van der Waals surface area contributed by atoms with Crippen LogP contribution in [0.4, 0.5) is 6.01 Å². The Morgan fingerprint density at radius 2 is 1.95 bits per heavy atom. The number of hydrogen-bond donors (Lipinski definition) is 0. The fraction of sp³-hybridized carbons (Fsp3) is 0.471. The van der Waals surface area contributed by atoms with Crippen LogP contribution in [-0.2, 0) is 4.79 Å². The van der Waals surface area contributed by atoms with Gasteiger partial charge in [-0.25, -0.2) is 4.79 Å². The molecule has 0 spiro atoms. The van der Waals surface area contributed by atoms with Crippen molar-refractivity contribution in [2.45, 2.75) is 46.0 Å². The van der Waals surface area contributed by atoms with Crippen LogP contribution in [0.2, 0.25) is 0 Å². The predicted octanol–water partition coefficient (Wildman–Crippen LogP) is 3.51. The Bertz CT molecular complexity index is 694. The minimum atomic E-state index is -0.460.